The Kier molecular flexibility index (Phi) is 5.48. The zero-order chi connectivity index (χ0) is 10.4. The highest BCUT2D eigenvalue weighted by Crippen LogP contribution is 1.91. The molecule has 0 saturated heterocycles. The Morgan fingerprint density at radius 2 is 2.08 bits per heavy atom. The summed E-state index contributed by atoms with van der Waals surface area (Å²) in [5.41, 5.74) is 10.4. The Hall–Kier alpha value is -0.750. The lowest BCUT2D eigenvalue weighted by Crippen LogP contribution is -2.49. The van der Waals surface area contributed by atoms with Gasteiger partial charge in [0, 0.05) is 0 Å². The van der Waals surface area contributed by atoms with Crippen molar-refractivity contribution in [2.24, 2.45) is 11.5 Å². The van der Waals surface area contributed by atoms with Crippen molar-refractivity contribution >= 4 is 24.4 Å². The molecule has 0 rings (SSSR count). The van der Waals surface area contributed by atoms with E-state index in [0.29, 0.717) is 12.2 Å². The second-order valence-electron chi connectivity index (χ2n) is 2.75. The third kappa shape index (κ3) is 4.74. The molecule has 0 aromatic heterocycles. The molecule has 0 aliphatic carbocycles. The van der Waals surface area contributed by atoms with E-state index in [4.69, 9.17) is 11.5 Å². The second kappa shape index (κ2) is 5.82. The molecule has 0 heterocycles. The lowest BCUT2D eigenvalue weighted by atomic mass is 10.2. The van der Waals surface area contributed by atoms with E-state index in [9.17, 15) is 9.59 Å². The van der Waals surface area contributed by atoms with Gasteiger partial charge in [0.05, 0.1) is 6.04 Å². The topological polar surface area (TPSA) is 98.2 Å². The molecule has 0 aromatic rings. The average Bonchev–Trinajstić information content (AvgIpc) is 2.04. The molecule has 0 unspecified atom stereocenters. The van der Waals surface area contributed by atoms with Gasteiger partial charge in [-0.2, -0.15) is 12.6 Å². The van der Waals surface area contributed by atoms with Crippen molar-refractivity contribution in [1.82, 2.24) is 5.32 Å². The summed E-state index contributed by atoms with van der Waals surface area (Å²) in [6.07, 6.45) is 0.473. The first kappa shape index (κ1) is 12.2. The highest BCUT2D eigenvalue weighted by atomic mass is 32.1. The van der Waals surface area contributed by atoms with E-state index in [2.05, 4.69) is 17.9 Å². The third-order valence-electron chi connectivity index (χ3n) is 1.56. The third-order valence-corrected chi connectivity index (χ3v) is 1.82. The predicted molar refractivity (Wildman–Crippen MR) is 53.2 cm³/mol. The van der Waals surface area contributed by atoms with Gasteiger partial charge in [-0.3, -0.25) is 9.59 Å². The maximum absolute atomic E-state index is 11.2. The molecule has 0 fully saturated rings. The summed E-state index contributed by atoms with van der Waals surface area (Å²) in [6.45, 7) is 1.51. The number of nitrogens with two attached hydrogens (primary N) is 2. The number of hydrogen-bond donors (Lipinski definition) is 4. The Balaban J connectivity index is 3.92. The van der Waals surface area contributed by atoms with E-state index < -0.39 is 18.0 Å². The van der Waals surface area contributed by atoms with Gasteiger partial charge in [0.1, 0.15) is 6.04 Å². The Morgan fingerprint density at radius 3 is 2.46 bits per heavy atom. The fourth-order valence-electron chi connectivity index (χ4n) is 0.662. The summed E-state index contributed by atoms with van der Waals surface area (Å²) >= 11 is 3.93. The summed E-state index contributed by atoms with van der Waals surface area (Å²) in [7, 11) is 0. The van der Waals surface area contributed by atoms with Gasteiger partial charge in [0.25, 0.3) is 0 Å². The SMILES string of the molecule is C[C@H](NC(=O)[C@@H](N)CCS)C(N)=O. The van der Waals surface area contributed by atoms with E-state index in [-0.39, 0.29) is 5.91 Å². The van der Waals surface area contributed by atoms with Crippen LogP contribution >= 0.6 is 12.6 Å². The first-order valence-electron chi connectivity index (χ1n) is 3.95. The highest BCUT2D eigenvalue weighted by Gasteiger charge is 2.17. The minimum Gasteiger partial charge on any atom is -0.368 e. The van der Waals surface area contributed by atoms with Crippen LogP contribution in [-0.4, -0.2) is 29.7 Å². The number of rotatable bonds is 5. The Bertz CT molecular complexity index is 198. The molecule has 0 radical (unpaired) electrons. The molecule has 5 nitrogen and oxygen atoms in total. The fourth-order valence-corrected chi connectivity index (χ4v) is 0.940. The van der Waals surface area contributed by atoms with Crippen LogP contribution in [0.15, 0.2) is 0 Å². The van der Waals surface area contributed by atoms with Crippen LogP contribution in [-0.2, 0) is 9.59 Å². The van der Waals surface area contributed by atoms with Crippen molar-refractivity contribution in [2.45, 2.75) is 25.4 Å². The fraction of sp³-hybridized carbons (Fsp3) is 0.714. The van der Waals surface area contributed by atoms with Crippen molar-refractivity contribution in [3.8, 4) is 0 Å². The zero-order valence-corrected chi connectivity index (χ0v) is 8.38. The molecule has 0 aliphatic rings. The number of carbonyl (C=O) groups is 2. The molecular formula is C7H15N3O2S. The molecule has 76 valence electrons. The summed E-state index contributed by atoms with van der Waals surface area (Å²) < 4.78 is 0. The Labute approximate surface area is 82.6 Å². The minimum absolute atomic E-state index is 0.375. The standard InChI is InChI=1S/C7H15N3O2S/c1-4(6(9)11)10-7(12)5(8)2-3-13/h4-5,13H,2-3,8H2,1H3,(H2,9,11)(H,10,12)/t4-,5-/m0/s1. The predicted octanol–water partition coefficient (Wildman–Crippen LogP) is -1.38. The van der Waals surface area contributed by atoms with E-state index >= 15 is 0 Å². The van der Waals surface area contributed by atoms with E-state index in [0.717, 1.165) is 0 Å². The number of amides is 2. The van der Waals surface area contributed by atoms with Gasteiger partial charge in [-0.05, 0) is 19.1 Å². The molecule has 0 bridgehead atoms. The van der Waals surface area contributed by atoms with Crippen LogP contribution in [0.25, 0.3) is 0 Å². The number of thiol groups is 1. The maximum atomic E-state index is 11.2. The highest BCUT2D eigenvalue weighted by molar-refractivity contribution is 7.80. The monoisotopic (exact) mass is 205 g/mol. The second-order valence-corrected chi connectivity index (χ2v) is 3.20. The van der Waals surface area contributed by atoms with Crippen LogP contribution < -0.4 is 16.8 Å². The van der Waals surface area contributed by atoms with Crippen LogP contribution in [0, 0.1) is 0 Å². The summed E-state index contributed by atoms with van der Waals surface area (Å²) in [5, 5.41) is 2.39. The lowest BCUT2D eigenvalue weighted by molar-refractivity contribution is -0.127. The molecule has 5 N–H and O–H groups in total. The first-order valence-corrected chi connectivity index (χ1v) is 4.58. The molecule has 0 spiro atoms. The van der Waals surface area contributed by atoms with Crippen molar-refractivity contribution < 1.29 is 9.59 Å². The normalized spacial score (nSPS) is 14.7. The molecule has 0 saturated carbocycles. The van der Waals surface area contributed by atoms with Gasteiger partial charge in [-0.15, -0.1) is 0 Å². The smallest absolute Gasteiger partial charge is 0.239 e. The summed E-state index contributed by atoms with van der Waals surface area (Å²) in [4.78, 5) is 21.7. The van der Waals surface area contributed by atoms with Gasteiger partial charge < -0.3 is 16.8 Å². The van der Waals surface area contributed by atoms with Crippen LogP contribution in [0.2, 0.25) is 0 Å². The molecule has 2 amide bonds. The number of primary amides is 1. The van der Waals surface area contributed by atoms with Crippen molar-refractivity contribution in [3.63, 3.8) is 0 Å². The molecule has 6 heteroatoms. The number of hydrogen-bond acceptors (Lipinski definition) is 4. The van der Waals surface area contributed by atoms with Crippen molar-refractivity contribution in [3.05, 3.63) is 0 Å². The maximum Gasteiger partial charge on any atom is 0.239 e. The van der Waals surface area contributed by atoms with Crippen molar-refractivity contribution in [2.75, 3.05) is 5.75 Å². The Morgan fingerprint density at radius 1 is 1.54 bits per heavy atom. The van der Waals surface area contributed by atoms with Gasteiger partial charge in [-0.1, -0.05) is 0 Å². The van der Waals surface area contributed by atoms with Gasteiger partial charge in [-0.25, -0.2) is 0 Å². The van der Waals surface area contributed by atoms with E-state index in [1.54, 1.807) is 0 Å². The number of carbonyl (C=O) groups excluding carboxylic acids is 2. The van der Waals surface area contributed by atoms with Gasteiger partial charge >= 0.3 is 0 Å². The zero-order valence-electron chi connectivity index (χ0n) is 7.49. The number of nitrogens with one attached hydrogen (secondary N) is 1. The van der Waals surface area contributed by atoms with Crippen LogP contribution in [0.5, 0.6) is 0 Å². The molecule has 0 aromatic carbocycles. The molecule has 0 aliphatic heterocycles. The van der Waals surface area contributed by atoms with Gasteiger partial charge in [0.15, 0.2) is 0 Å². The molecular weight excluding hydrogens is 190 g/mol. The first-order chi connectivity index (χ1) is 5.99. The van der Waals surface area contributed by atoms with Crippen molar-refractivity contribution in [1.29, 1.82) is 0 Å². The largest absolute Gasteiger partial charge is 0.368 e. The quantitative estimate of drug-likeness (QED) is 0.416. The minimum atomic E-state index is -0.682. The van der Waals surface area contributed by atoms with Gasteiger partial charge in [0.2, 0.25) is 11.8 Å². The summed E-state index contributed by atoms with van der Waals surface area (Å²) in [5.74, 6) is -0.425. The summed E-state index contributed by atoms with van der Waals surface area (Å²) in [6, 6.07) is -1.31. The molecule has 2 atom stereocenters. The molecule has 13 heavy (non-hydrogen) atoms. The van der Waals surface area contributed by atoms with E-state index in [1.807, 2.05) is 0 Å². The van der Waals surface area contributed by atoms with E-state index in [1.165, 1.54) is 6.92 Å². The van der Waals surface area contributed by atoms with Crippen LogP contribution in [0.4, 0.5) is 0 Å². The van der Waals surface area contributed by atoms with Crippen LogP contribution in [0.3, 0.4) is 0 Å². The van der Waals surface area contributed by atoms with Crippen LogP contribution in [0.1, 0.15) is 13.3 Å². The lowest BCUT2D eigenvalue weighted by Gasteiger charge is -2.14. The average molecular weight is 205 g/mol.